The molecule has 0 unspecified atom stereocenters. The second kappa shape index (κ2) is 5.76. The number of halogens is 1. The van der Waals surface area contributed by atoms with Gasteiger partial charge in [-0.3, -0.25) is 4.79 Å². The van der Waals surface area contributed by atoms with Crippen LogP contribution in [0.25, 0.3) is 10.9 Å². The first-order chi connectivity index (χ1) is 11.2. The highest BCUT2D eigenvalue weighted by Crippen LogP contribution is 2.32. The Labute approximate surface area is 133 Å². The SMILES string of the molecule is O=C(C1CC1)N1CCC(Nc2ncnc3cccc(F)c23)CC1. The lowest BCUT2D eigenvalue weighted by atomic mass is 10.0. The molecule has 1 saturated heterocycles. The molecule has 0 radical (unpaired) electrons. The van der Waals surface area contributed by atoms with E-state index in [0.717, 1.165) is 38.8 Å². The molecule has 0 bridgehead atoms. The zero-order valence-electron chi connectivity index (χ0n) is 12.8. The van der Waals surface area contributed by atoms with Gasteiger partial charge >= 0.3 is 0 Å². The van der Waals surface area contributed by atoms with Gasteiger partial charge in [-0.25, -0.2) is 14.4 Å². The lowest BCUT2D eigenvalue weighted by Crippen LogP contribution is -2.43. The van der Waals surface area contributed by atoms with E-state index >= 15 is 0 Å². The summed E-state index contributed by atoms with van der Waals surface area (Å²) < 4.78 is 14.1. The lowest BCUT2D eigenvalue weighted by Gasteiger charge is -2.33. The molecule has 1 saturated carbocycles. The van der Waals surface area contributed by atoms with Gasteiger partial charge in [0.05, 0.1) is 10.9 Å². The number of aromatic nitrogens is 2. The summed E-state index contributed by atoms with van der Waals surface area (Å²) in [6, 6.07) is 5.06. The maximum Gasteiger partial charge on any atom is 0.225 e. The molecule has 0 spiro atoms. The van der Waals surface area contributed by atoms with Crippen molar-refractivity contribution >= 4 is 22.6 Å². The van der Waals surface area contributed by atoms with Gasteiger partial charge in [-0.15, -0.1) is 0 Å². The van der Waals surface area contributed by atoms with Crippen LogP contribution in [-0.4, -0.2) is 39.9 Å². The minimum atomic E-state index is -0.313. The first kappa shape index (κ1) is 14.4. The van der Waals surface area contributed by atoms with E-state index in [2.05, 4.69) is 15.3 Å². The van der Waals surface area contributed by atoms with Crippen LogP contribution in [0.4, 0.5) is 10.2 Å². The monoisotopic (exact) mass is 314 g/mol. The second-order valence-electron chi connectivity index (χ2n) is 6.37. The van der Waals surface area contributed by atoms with Crippen LogP contribution < -0.4 is 5.32 Å². The van der Waals surface area contributed by atoms with E-state index in [-0.39, 0.29) is 17.8 Å². The number of carbonyl (C=O) groups is 1. The number of nitrogens with one attached hydrogen (secondary N) is 1. The number of amides is 1. The van der Waals surface area contributed by atoms with Gasteiger partial charge in [-0.1, -0.05) is 6.07 Å². The predicted molar refractivity (Wildman–Crippen MR) is 85.4 cm³/mol. The van der Waals surface area contributed by atoms with Gasteiger partial charge in [0.15, 0.2) is 0 Å². The molecular formula is C17H19FN4O. The summed E-state index contributed by atoms with van der Waals surface area (Å²) in [6.45, 7) is 1.52. The van der Waals surface area contributed by atoms with Gasteiger partial charge in [0, 0.05) is 25.0 Å². The van der Waals surface area contributed by atoms with Crippen LogP contribution in [0.1, 0.15) is 25.7 Å². The highest BCUT2D eigenvalue weighted by Gasteiger charge is 2.35. The predicted octanol–water partition coefficient (Wildman–Crippen LogP) is 2.58. The molecular weight excluding hydrogens is 295 g/mol. The van der Waals surface area contributed by atoms with Crippen molar-refractivity contribution in [1.82, 2.24) is 14.9 Å². The summed E-state index contributed by atoms with van der Waals surface area (Å²) in [5, 5.41) is 3.78. The van der Waals surface area contributed by atoms with Gasteiger partial charge in [0.25, 0.3) is 0 Å². The molecule has 4 rings (SSSR count). The van der Waals surface area contributed by atoms with Crippen molar-refractivity contribution in [1.29, 1.82) is 0 Å². The van der Waals surface area contributed by atoms with Gasteiger partial charge in [0.2, 0.25) is 5.91 Å². The Morgan fingerprint density at radius 1 is 1.17 bits per heavy atom. The Morgan fingerprint density at radius 3 is 2.70 bits per heavy atom. The van der Waals surface area contributed by atoms with Gasteiger partial charge < -0.3 is 10.2 Å². The summed E-state index contributed by atoms with van der Waals surface area (Å²) in [5.74, 6) is 0.813. The van der Waals surface area contributed by atoms with Crippen LogP contribution in [-0.2, 0) is 4.79 Å². The van der Waals surface area contributed by atoms with E-state index in [1.54, 1.807) is 12.1 Å². The molecule has 2 aliphatic rings. The van der Waals surface area contributed by atoms with Crippen LogP contribution in [0.3, 0.4) is 0 Å². The fourth-order valence-electron chi connectivity index (χ4n) is 3.20. The van der Waals surface area contributed by atoms with Crippen molar-refractivity contribution in [3.8, 4) is 0 Å². The van der Waals surface area contributed by atoms with Crippen molar-refractivity contribution in [2.75, 3.05) is 18.4 Å². The van der Waals surface area contributed by atoms with Crippen LogP contribution in [0, 0.1) is 11.7 Å². The number of benzene rings is 1. The highest BCUT2D eigenvalue weighted by atomic mass is 19.1. The third-order valence-electron chi connectivity index (χ3n) is 4.69. The van der Waals surface area contributed by atoms with Crippen molar-refractivity contribution < 1.29 is 9.18 Å². The molecule has 2 aromatic rings. The maximum atomic E-state index is 14.1. The van der Waals surface area contributed by atoms with Crippen LogP contribution in [0.15, 0.2) is 24.5 Å². The average molecular weight is 314 g/mol. The molecule has 2 heterocycles. The number of piperidine rings is 1. The molecule has 120 valence electrons. The maximum absolute atomic E-state index is 14.1. The van der Waals surface area contributed by atoms with Crippen LogP contribution in [0.2, 0.25) is 0 Å². The zero-order chi connectivity index (χ0) is 15.8. The molecule has 0 atom stereocenters. The Morgan fingerprint density at radius 2 is 1.96 bits per heavy atom. The fraction of sp³-hybridized carbons (Fsp3) is 0.471. The molecule has 1 aromatic carbocycles. The quantitative estimate of drug-likeness (QED) is 0.946. The van der Waals surface area contributed by atoms with Crippen LogP contribution in [0.5, 0.6) is 0 Å². The van der Waals surface area contributed by atoms with E-state index in [0.29, 0.717) is 22.6 Å². The molecule has 2 fully saturated rings. The third kappa shape index (κ3) is 2.85. The zero-order valence-corrected chi connectivity index (χ0v) is 12.8. The molecule has 5 nitrogen and oxygen atoms in total. The number of hydrogen-bond donors (Lipinski definition) is 1. The molecule has 1 aromatic heterocycles. The summed E-state index contributed by atoms with van der Waals surface area (Å²) in [5.41, 5.74) is 0.601. The molecule has 1 aliphatic heterocycles. The number of hydrogen-bond acceptors (Lipinski definition) is 4. The second-order valence-corrected chi connectivity index (χ2v) is 6.37. The first-order valence-electron chi connectivity index (χ1n) is 8.17. The van der Waals surface area contributed by atoms with E-state index in [9.17, 15) is 9.18 Å². The molecule has 6 heteroatoms. The van der Waals surface area contributed by atoms with E-state index in [4.69, 9.17) is 0 Å². The normalized spacial score (nSPS) is 19.1. The van der Waals surface area contributed by atoms with Crippen molar-refractivity contribution in [3.05, 3.63) is 30.3 Å². The number of carbonyl (C=O) groups excluding carboxylic acids is 1. The van der Waals surface area contributed by atoms with Gasteiger partial charge in [-0.05, 0) is 37.8 Å². The fourth-order valence-corrected chi connectivity index (χ4v) is 3.20. The minimum Gasteiger partial charge on any atom is -0.367 e. The van der Waals surface area contributed by atoms with Crippen molar-refractivity contribution in [3.63, 3.8) is 0 Å². The van der Waals surface area contributed by atoms with E-state index in [1.165, 1.54) is 12.4 Å². The summed E-state index contributed by atoms with van der Waals surface area (Å²) >= 11 is 0. The smallest absolute Gasteiger partial charge is 0.225 e. The number of nitrogens with zero attached hydrogens (tertiary/aromatic N) is 3. The average Bonchev–Trinajstić information content (AvgIpc) is 3.40. The topological polar surface area (TPSA) is 58.1 Å². The molecule has 1 aliphatic carbocycles. The van der Waals surface area contributed by atoms with Gasteiger partial charge in [-0.2, -0.15) is 0 Å². The Hall–Kier alpha value is -2.24. The molecule has 1 amide bonds. The largest absolute Gasteiger partial charge is 0.367 e. The highest BCUT2D eigenvalue weighted by molar-refractivity contribution is 5.89. The standard InChI is InChI=1S/C17H19FN4O/c18-13-2-1-3-14-15(13)16(20-10-19-14)21-12-6-8-22(9-7-12)17(23)11-4-5-11/h1-3,10-12H,4-9H2,(H,19,20,21). The lowest BCUT2D eigenvalue weighted by molar-refractivity contribution is -0.133. The number of likely N-dealkylation sites (tertiary alicyclic amines) is 1. The summed E-state index contributed by atoms with van der Waals surface area (Å²) in [4.78, 5) is 22.4. The number of rotatable bonds is 3. The third-order valence-corrected chi connectivity index (χ3v) is 4.69. The van der Waals surface area contributed by atoms with Crippen molar-refractivity contribution in [2.24, 2.45) is 5.92 Å². The summed E-state index contributed by atoms with van der Waals surface area (Å²) in [7, 11) is 0. The van der Waals surface area contributed by atoms with Gasteiger partial charge in [0.1, 0.15) is 18.0 Å². The Kier molecular flexibility index (Phi) is 3.59. The Balaban J connectivity index is 1.46. The summed E-state index contributed by atoms with van der Waals surface area (Å²) in [6.07, 6.45) is 5.26. The number of fused-ring (bicyclic) bond motifs is 1. The number of anilines is 1. The van der Waals surface area contributed by atoms with E-state index in [1.807, 2.05) is 4.90 Å². The Bertz CT molecular complexity index is 733. The first-order valence-corrected chi connectivity index (χ1v) is 8.17. The van der Waals surface area contributed by atoms with Crippen LogP contribution >= 0.6 is 0 Å². The minimum absolute atomic E-state index is 0.205. The van der Waals surface area contributed by atoms with E-state index < -0.39 is 0 Å². The molecule has 1 N–H and O–H groups in total. The van der Waals surface area contributed by atoms with Crippen molar-refractivity contribution in [2.45, 2.75) is 31.7 Å². The molecule has 23 heavy (non-hydrogen) atoms.